The Labute approximate surface area is 145 Å². The highest BCUT2D eigenvalue weighted by atomic mass is 35.5. The van der Waals surface area contributed by atoms with Crippen molar-refractivity contribution in [2.45, 2.75) is 19.8 Å². The molecule has 2 rings (SSSR count). The average molecular weight is 347 g/mol. The van der Waals surface area contributed by atoms with Crippen molar-refractivity contribution in [2.75, 3.05) is 6.61 Å². The molecule has 24 heavy (non-hydrogen) atoms. The maximum Gasteiger partial charge on any atom is 0.240 e. The van der Waals surface area contributed by atoms with Crippen LogP contribution in [0.15, 0.2) is 47.6 Å². The van der Waals surface area contributed by atoms with E-state index in [0.29, 0.717) is 30.0 Å². The Hall–Kier alpha value is -2.53. The molecule has 2 aromatic rings. The van der Waals surface area contributed by atoms with E-state index in [4.69, 9.17) is 16.3 Å². The molecule has 0 radical (unpaired) electrons. The summed E-state index contributed by atoms with van der Waals surface area (Å²) in [6, 6.07) is 12.0. The molecule has 0 saturated carbocycles. The second kappa shape index (κ2) is 8.93. The molecule has 6 heteroatoms. The van der Waals surface area contributed by atoms with Crippen molar-refractivity contribution in [2.24, 2.45) is 5.10 Å². The lowest BCUT2D eigenvalue weighted by Gasteiger charge is -2.08. The van der Waals surface area contributed by atoms with Crippen molar-refractivity contribution in [1.29, 1.82) is 0 Å². The van der Waals surface area contributed by atoms with E-state index in [0.717, 1.165) is 11.3 Å². The van der Waals surface area contributed by atoms with E-state index in [1.807, 2.05) is 19.1 Å². The van der Waals surface area contributed by atoms with Crippen LogP contribution in [0, 0.1) is 6.92 Å². The van der Waals surface area contributed by atoms with Gasteiger partial charge in [-0.15, -0.1) is 0 Å². The fourth-order valence-electron chi connectivity index (χ4n) is 2.03. The van der Waals surface area contributed by atoms with E-state index in [-0.39, 0.29) is 11.7 Å². The summed E-state index contributed by atoms with van der Waals surface area (Å²) < 4.78 is 5.62. The number of aromatic hydroxyl groups is 1. The minimum Gasteiger partial charge on any atom is -0.508 e. The van der Waals surface area contributed by atoms with Gasteiger partial charge in [-0.1, -0.05) is 23.7 Å². The Kier molecular flexibility index (Phi) is 6.63. The first kappa shape index (κ1) is 17.8. The van der Waals surface area contributed by atoms with Gasteiger partial charge in [0.1, 0.15) is 11.5 Å². The van der Waals surface area contributed by atoms with Gasteiger partial charge in [-0.2, -0.15) is 5.10 Å². The van der Waals surface area contributed by atoms with Crippen molar-refractivity contribution in [3.05, 3.63) is 58.6 Å². The molecule has 5 nitrogen and oxygen atoms in total. The van der Waals surface area contributed by atoms with Gasteiger partial charge in [0, 0.05) is 11.4 Å². The van der Waals surface area contributed by atoms with Gasteiger partial charge in [-0.3, -0.25) is 4.79 Å². The standard InChI is InChI=1S/C18H19ClN2O3/c1-13-10-15(19)7-8-17(13)24-9-3-6-18(23)21-20-12-14-4-2-5-16(22)11-14/h2,4-5,7-8,10-12,22H,3,6,9H2,1H3,(H,21,23). The molecule has 0 atom stereocenters. The number of phenols is 1. The van der Waals surface area contributed by atoms with Crippen LogP contribution in [0.2, 0.25) is 5.02 Å². The number of ether oxygens (including phenoxy) is 1. The van der Waals surface area contributed by atoms with Gasteiger partial charge in [0.25, 0.3) is 0 Å². The number of hydrogen-bond donors (Lipinski definition) is 2. The highest BCUT2D eigenvalue weighted by Crippen LogP contribution is 2.21. The summed E-state index contributed by atoms with van der Waals surface area (Å²) in [5.41, 5.74) is 4.11. The number of nitrogens with one attached hydrogen (secondary N) is 1. The predicted molar refractivity (Wildman–Crippen MR) is 94.8 cm³/mol. The van der Waals surface area contributed by atoms with Crippen molar-refractivity contribution in [1.82, 2.24) is 5.43 Å². The number of hydrogen-bond acceptors (Lipinski definition) is 4. The number of phenolic OH excluding ortho intramolecular Hbond substituents is 1. The first-order chi connectivity index (χ1) is 11.5. The second-order valence-corrected chi connectivity index (χ2v) is 5.69. The number of halogens is 1. The molecule has 2 aromatic carbocycles. The third-order valence-electron chi connectivity index (χ3n) is 3.22. The molecule has 126 valence electrons. The summed E-state index contributed by atoms with van der Waals surface area (Å²) >= 11 is 5.89. The molecular formula is C18H19ClN2O3. The summed E-state index contributed by atoms with van der Waals surface area (Å²) in [7, 11) is 0. The van der Waals surface area contributed by atoms with Crippen LogP contribution in [-0.2, 0) is 4.79 Å². The van der Waals surface area contributed by atoms with Crippen molar-refractivity contribution >= 4 is 23.7 Å². The molecule has 0 aliphatic heterocycles. The molecule has 0 bridgehead atoms. The van der Waals surface area contributed by atoms with E-state index in [9.17, 15) is 9.90 Å². The topological polar surface area (TPSA) is 70.9 Å². The number of hydrazone groups is 1. The van der Waals surface area contributed by atoms with Crippen LogP contribution in [0.4, 0.5) is 0 Å². The number of carbonyl (C=O) groups is 1. The van der Waals surface area contributed by atoms with Gasteiger partial charge in [-0.05, 0) is 54.8 Å². The van der Waals surface area contributed by atoms with Crippen molar-refractivity contribution in [3.63, 3.8) is 0 Å². The highest BCUT2D eigenvalue weighted by Gasteiger charge is 2.03. The molecule has 0 saturated heterocycles. The predicted octanol–water partition coefficient (Wildman–Crippen LogP) is 3.66. The third kappa shape index (κ3) is 5.93. The molecule has 0 aliphatic carbocycles. The van der Waals surface area contributed by atoms with Crippen LogP contribution in [0.25, 0.3) is 0 Å². The molecular weight excluding hydrogens is 328 g/mol. The summed E-state index contributed by atoms with van der Waals surface area (Å²) in [6.07, 6.45) is 2.37. The van der Waals surface area contributed by atoms with Gasteiger partial charge < -0.3 is 9.84 Å². The quantitative estimate of drug-likeness (QED) is 0.456. The first-order valence-electron chi connectivity index (χ1n) is 7.54. The van der Waals surface area contributed by atoms with E-state index in [2.05, 4.69) is 10.5 Å². The number of nitrogens with zero attached hydrogens (tertiary/aromatic N) is 1. The van der Waals surface area contributed by atoms with Gasteiger partial charge in [-0.25, -0.2) is 5.43 Å². The lowest BCUT2D eigenvalue weighted by Crippen LogP contribution is -2.18. The molecule has 0 heterocycles. The monoisotopic (exact) mass is 346 g/mol. The summed E-state index contributed by atoms with van der Waals surface area (Å²) in [6.45, 7) is 2.36. The molecule has 0 aromatic heterocycles. The molecule has 0 fully saturated rings. The molecule has 0 aliphatic rings. The smallest absolute Gasteiger partial charge is 0.240 e. The van der Waals surface area contributed by atoms with Gasteiger partial charge >= 0.3 is 0 Å². The maximum absolute atomic E-state index is 11.7. The largest absolute Gasteiger partial charge is 0.508 e. The minimum absolute atomic E-state index is 0.153. The maximum atomic E-state index is 11.7. The zero-order chi connectivity index (χ0) is 17.4. The number of aryl methyl sites for hydroxylation is 1. The third-order valence-corrected chi connectivity index (χ3v) is 3.45. The molecule has 0 unspecified atom stereocenters. The Bertz CT molecular complexity index is 732. The van der Waals surface area contributed by atoms with Crippen LogP contribution in [0.3, 0.4) is 0 Å². The summed E-state index contributed by atoms with van der Waals surface area (Å²) in [5.74, 6) is 0.726. The molecule has 2 N–H and O–H groups in total. The van der Waals surface area contributed by atoms with E-state index in [1.165, 1.54) is 6.21 Å². The lowest BCUT2D eigenvalue weighted by atomic mass is 10.2. The SMILES string of the molecule is Cc1cc(Cl)ccc1OCCCC(=O)NN=Cc1cccc(O)c1. The van der Waals surface area contributed by atoms with Crippen LogP contribution in [0.1, 0.15) is 24.0 Å². The molecule has 0 spiro atoms. The fourth-order valence-corrected chi connectivity index (χ4v) is 2.26. The fraction of sp³-hybridized carbons (Fsp3) is 0.222. The Balaban J connectivity index is 1.68. The van der Waals surface area contributed by atoms with E-state index in [1.54, 1.807) is 30.3 Å². The number of carbonyl (C=O) groups excluding carboxylic acids is 1. The van der Waals surface area contributed by atoms with Crippen LogP contribution < -0.4 is 10.2 Å². The highest BCUT2D eigenvalue weighted by molar-refractivity contribution is 6.30. The first-order valence-corrected chi connectivity index (χ1v) is 7.92. The summed E-state index contributed by atoms with van der Waals surface area (Å²) in [5, 5.41) is 13.8. The number of benzene rings is 2. The lowest BCUT2D eigenvalue weighted by molar-refractivity contribution is -0.121. The normalized spacial score (nSPS) is 10.8. The second-order valence-electron chi connectivity index (χ2n) is 5.25. The van der Waals surface area contributed by atoms with Crippen molar-refractivity contribution < 1.29 is 14.6 Å². The van der Waals surface area contributed by atoms with Gasteiger partial charge in [0.05, 0.1) is 12.8 Å². The van der Waals surface area contributed by atoms with Crippen LogP contribution in [-0.4, -0.2) is 23.8 Å². The Morgan fingerprint density at radius 1 is 1.33 bits per heavy atom. The summed E-state index contributed by atoms with van der Waals surface area (Å²) in [4.78, 5) is 11.7. The molecule has 1 amide bonds. The van der Waals surface area contributed by atoms with E-state index < -0.39 is 0 Å². The van der Waals surface area contributed by atoms with Crippen molar-refractivity contribution in [3.8, 4) is 11.5 Å². The number of amides is 1. The van der Waals surface area contributed by atoms with Gasteiger partial charge in [0.15, 0.2) is 0 Å². The zero-order valence-corrected chi connectivity index (χ0v) is 14.1. The minimum atomic E-state index is -0.192. The average Bonchev–Trinajstić information content (AvgIpc) is 2.53. The van der Waals surface area contributed by atoms with Crippen LogP contribution >= 0.6 is 11.6 Å². The Morgan fingerprint density at radius 3 is 2.92 bits per heavy atom. The Morgan fingerprint density at radius 2 is 2.17 bits per heavy atom. The van der Waals surface area contributed by atoms with Crippen LogP contribution in [0.5, 0.6) is 11.5 Å². The van der Waals surface area contributed by atoms with Gasteiger partial charge in [0.2, 0.25) is 5.91 Å². The zero-order valence-electron chi connectivity index (χ0n) is 13.3. The number of rotatable bonds is 7. The van der Waals surface area contributed by atoms with E-state index >= 15 is 0 Å².